The Morgan fingerprint density at radius 1 is 1.21 bits per heavy atom. The van der Waals surface area contributed by atoms with Crippen LogP contribution in [0.3, 0.4) is 0 Å². The van der Waals surface area contributed by atoms with Crippen LogP contribution >= 0.6 is 28.7 Å². The molecule has 100 valence electrons. The molecule has 6 heteroatoms. The van der Waals surface area contributed by atoms with E-state index in [1.807, 2.05) is 12.1 Å². The van der Waals surface area contributed by atoms with E-state index < -0.39 is 0 Å². The Kier molecular flexibility index (Phi) is 6.21. The first-order valence-electron chi connectivity index (χ1n) is 5.98. The molecule has 0 amide bonds. The van der Waals surface area contributed by atoms with Crippen LogP contribution in [-0.2, 0) is 0 Å². The number of hydrogen-bond donors (Lipinski definition) is 0. The van der Waals surface area contributed by atoms with Gasteiger partial charge in [0.1, 0.15) is 0 Å². The zero-order valence-electron chi connectivity index (χ0n) is 10.2. The fraction of sp³-hybridized carbons (Fsp3) is 0.308. The molecule has 1 aliphatic rings. The Hall–Kier alpha value is -0.0204. The van der Waals surface area contributed by atoms with Crippen molar-refractivity contribution in [3.8, 4) is 0 Å². The molecule has 0 aromatic heterocycles. The molecule has 0 bridgehead atoms. The molecule has 0 radical (unpaired) electrons. The zero-order valence-corrected chi connectivity index (χ0v) is 15.7. The minimum atomic E-state index is -0.242. The Bertz CT molecular complexity index is 526. The van der Waals surface area contributed by atoms with E-state index in [2.05, 4.69) is 33.8 Å². The molecule has 0 atom stereocenters. The molecular formula is C13H13Br2N2OTe+. The van der Waals surface area contributed by atoms with Gasteiger partial charge in [0.25, 0.3) is 0 Å². The van der Waals surface area contributed by atoms with Crippen molar-refractivity contribution in [1.29, 1.82) is 0 Å². The molecule has 0 fully saturated rings. The molecule has 19 heavy (non-hydrogen) atoms. The van der Waals surface area contributed by atoms with Crippen LogP contribution in [0.1, 0.15) is 25.7 Å². The Morgan fingerprint density at radius 3 is 2.58 bits per heavy atom. The van der Waals surface area contributed by atoms with Gasteiger partial charge in [-0.25, -0.2) is 0 Å². The fourth-order valence-electron chi connectivity index (χ4n) is 1.88. The van der Waals surface area contributed by atoms with E-state index in [-0.39, 0.29) is 18.7 Å². The number of hydrazone groups is 1. The summed E-state index contributed by atoms with van der Waals surface area (Å²) in [5.74, 6) is 0. The second-order valence-corrected chi connectivity index (χ2v) is 9.16. The standard InChI is InChI=1S/C13H13Br2N2OTe/c14-11-5-7-12(8-6-11)17(18)16-9-10-3-1-2-4-13(10)19-15/h5-9H,1-4H2/q+1/b16-9+. The van der Waals surface area contributed by atoms with E-state index in [0.29, 0.717) is 10.6 Å². The van der Waals surface area contributed by atoms with Crippen LogP contribution in [0.2, 0.25) is 0 Å². The second kappa shape index (κ2) is 7.68. The quantitative estimate of drug-likeness (QED) is 0.256. The van der Waals surface area contributed by atoms with Crippen molar-refractivity contribution in [3.63, 3.8) is 0 Å². The monoisotopic (exact) mass is 501 g/mol. The first-order chi connectivity index (χ1) is 9.20. The van der Waals surface area contributed by atoms with Crippen molar-refractivity contribution in [1.82, 2.24) is 0 Å². The maximum atomic E-state index is 11.9. The predicted octanol–water partition coefficient (Wildman–Crippen LogP) is 4.69. The van der Waals surface area contributed by atoms with Gasteiger partial charge in [-0.2, -0.15) is 0 Å². The summed E-state index contributed by atoms with van der Waals surface area (Å²) in [5, 5.41) is 4.03. The van der Waals surface area contributed by atoms with Crippen LogP contribution in [0.15, 0.2) is 43.0 Å². The summed E-state index contributed by atoms with van der Waals surface area (Å²) in [6, 6.07) is 7.19. The maximum absolute atomic E-state index is 11.9. The normalized spacial score (nSPS) is 16.1. The van der Waals surface area contributed by atoms with E-state index in [0.717, 1.165) is 17.3 Å². The number of nitroso groups, excluding NO2 is 1. The van der Waals surface area contributed by atoms with Gasteiger partial charge in [-0.05, 0) is 0 Å². The molecule has 0 unspecified atom stereocenters. The molecule has 2 rings (SSSR count). The van der Waals surface area contributed by atoms with Gasteiger partial charge in [0.05, 0.1) is 0 Å². The van der Waals surface area contributed by atoms with E-state index in [4.69, 9.17) is 0 Å². The Morgan fingerprint density at radius 2 is 1.89 bits per heavy atom. The molecule has 0 aliphatic heterocycles. The van der Waals surface area contributed by atoms with Gasteiger partial charge in [-0.15, -0.1) is 0 Å². The van der Waals surface area contributed by atoms with Crippen LogP contribution in [-0.4, -0.2) is 29.8 Å². The summed E-state index contributed by atoms with van der Waals surface area (Å²) < 4.78 is 2.44. The van der Waals surface area contributed by atoms with Crippen molar-refractivity contribution in [2.75, 3.05) is 0 Å². The third-order valence-corrected chi connectivity index (χ3v) is 7.93. The fourth-order valence-corrected chi connectivity index (χ4v) is 5.98. The van der Waals surface area contributed by atoms with Gasteiger partial charge in [0.2, 0.25) is 0 Å². The number of hydrogen-bond acceptors (Lipinski definition) is 1. The number of nitrogens with zero attached hydrogens (tertiary/aromatic N) is 2. The van der Waals surface area contributed by atoms with E-state index in [1.165, 1.54) is 22.0 Å². The molecule has 0 saturated heterocycles. The average Bonchev–Trinajstić information content (AvgIpc) is 2.45. The summed E-state index contributed by atoms with van der Waals surface area (Å²) in [6.07, 6.45) is 6.41. The zero-order chi connectivity index (χ0) is 13.7. The van der Waals surface area contributed by atoms with Gasteiger partial charge in [0, 0.05) is 0 Å². The van der Waals surface area contributed by atoms with Crippen LogP contribution in [0.4, 0.5) is 5.69 Å². The molecule has 3 nitrogen and oxygen atoms in total. The van der Waals surface area contributed by atoms with Crippen LogP contribution < -0.4 is 0 Å². The Labute approximate surface area is 137 Å². The average molecular weight is 501 g/mol. The third-order valence-electron chi connectivity index (χ3n) is 2.92. The van der Waals surface area contributed by atoms with Crippen molar-refractivity contribution >= 4 is 59.3 Å². The summed E-state index contributed by atoms with van der Waals surface area (Å²) >= 11 is 6.73. The Balaban J connectivity index is 2.11. The molecular weight excluding hydrogens is 488 g/mol. The molecule has 1 aromatic rings. The topological polar surface area (TPSA) is 32.4 Å². The first-order valence-corrected chi connectivity index (χ1v) is 13.2. The van der Waals surface area contributed by atoms with Crippen molar-refractivity contribution in [3.05, 3.63) is 42.8 Å². The first kappa shape index (κ1) is 15.4. The van der Waals surface area contributed by atoms with Crippen molar-refractivity contribution in [2.45, 2.75) is 25.7 Å². The number of benzene rings is 1. The van der Waals surface area contributed by atoms with Gasteiger partial charge < -0.3 is 0 Å². The number of halogens is 2. The summed E-state index contributed by atoms with van der Waals surface area (Å²) in [6.45, 7) is 0. The van der Waals surface area contributed by atoms with Crippen molar-refractivity contribution < 1.29 is 4.87 Å². The van der Waals surface area contributed by atoms with Gasteiger partial charge in [0.15, 0.2) is 0 Å². The molecule has 1 aromatic carbocycles. The summed E-state index contributed by atoms with van der Waals surface area (Å²) in [4.78, 5) is 12.6. The SMILES string of the molecule is O=[N+](/N=C/C1=C([Te]Br)CCCC1)c1ccc(Br)cc1. The van der Waals surface area contributed by atoms with Crippen LogP contribution in [0.25, 0.3) is 0 Å². The predicted molar refractivity (Wildman–Crippen MR) is 86.1 cm³/mol. The van der Waals surface area contributed by atoms with Gasteiger partial charge in [-0.1, -0.05) is 0 Å². The number of allylic oxidation sites excluding steroid dienone is 2. The molecule has 0 saturated carbocycles. The molecule has 1 aliphatic carbocycles. The molecule has 0 spiro atoms. The summed E-state index contributed by atoms with van der Waals surface area (Å²) in [7, 11) is 0. The van der Waals surface area contributed by atoms with E-state index in [9.17, 15) is 4.91 Å². The second-order valence-electron chi connectivity index (χ2n) is 4.23. The number of rotatable bonds is 4. The summed E-state index contributed by atoms with van der Waals surface area (Å²) in [5.41, 5.74) is 1.80. The van der Waals surface area contributed by atoms with Crippen LogP contribution in [0, 0.1) is 4.91 Å². The molecule has 0 heterocycles. The third kappa shape index (κ3) is 4.49. The van der Waals surface area contributed by atoms with E-state index >= 15 is 0 Å². The minimum absolute atomic E-state index is 0.242. The van der Waals surface area contributed by atoms with Crippen molar-refractivity contribution in [2.24, 2.45) is 5.10 Å². The van der Waals surface area contributed by atoms with Gasteiger partial charge >= 0.3 is 138 Å². The molecule has 0 N–H and O–H groups in total. The van der Waals surface area contributed by atoms with E-state index in [1.54, 1.807) is 18.3 Å². The van der Waals surface area contributed by atoms with Crippen LogP contribution in [0.5, 0.6) is 0 Å². The van der Waals surface area contributed by atoms with Gasteiger partial charge in [-0.3, -0.25) is 0 Å².